The predicted molar refractivity (Wildman–Crippen MR) is 69.9 cm³/mol. The second kappa shape index (κ2) is 7.10. The van der Waals surface area contributed by atoms with Gasteiger partial charge >= 0.3 is 5.97 Å². The Labute approximate surface area is 104 Å². The standard InChI is InChI=1S/C15H22O2/c1-4-17-15(16)10-9-13-7-5-6-8-14(13)11-12(2)3/h5-8,12H,4,9-11H2,1-3H3. The Morgan fingerprint density at radius 3 is 2.47 bits per heavy atom. The molecule has 1 aromatic rings. The molecule has 0 aliphatic rings. The molecule has 0 aliphatic heterocycles. The van der Waals surface area contributed by atoms with Crippen molar-refractivity contribution in [2.24, 2.45) is 5.92 Å². The minimum Gasteiger partial charge on any atom is -0.466 e. The molecule has 0 heterocycles. The summed E-state index contributed by atoms with van der Waals surface area (Å²) in [7, 11) is 0. The lowest BCUT2D eigenvalue weighted by molar-refractivity contribution is -0.143. The largest absolute Gasteiger partial charge is 0.466 e. The Hall–Kier alpha value is -1.31. The summed E-state index contributed by atoms with van der Waals surface area (Å²) in [6.45, 7) is 6.72. The Balaban J connectivity index is 2.60. The van der Waals surface area contributed by atoms with Gasteiger partial charge in [0, 0.05) is 6.42 Å². The molecule has 0 atom stereocenters. The van der Waals surface area contributed by atoms with Crippen LogP contribution in [-0.4, -0.2) is 12.6 Å². The molecule has 0 N–H and O–H groups in total. The Bertz CT molecular complexity index is 356. The first kappa shape index (κ1) is 13.8. The fraction of sp³-hybridized carbons (Fsp3) is 0.533. The monoisotopic (exact) mass is 234 g/mol. The molecule has 0 aromatic heterocycles. The maximum absolute atomic E-state index is 11.3. The minimum atomic E-state index is -0.105. The van der Waals surface area contributed by atoms with Gasteiger partial charge in [-0.3, -0.25) is 4.79 Å². The molecule has 0 radical (unpaired) electrons. The summed E-state index contributed by atoms with van der Waals surface area (Å²) in [5.74, 6) is 0.533. The molecular formula is C15H22O2. The van der Waals surface area contributed by atoms with E-state index in [1.165, 1.54) is 11.1 Å². The summed E-state index contributed by atoms with van der Waals surface area (Å²) < 4.78 is 4.95. The number of ether oxygens (including phenoxy) is 1. The zero-order chi connectivity index (χ0) is 12.7. The first-order valence-corrected chi connectivity index (χ1v) is 6.35. The molecule has 0 saturated heterocycles. The van der Waals surface area contributed by atoms with Crippen molar-refractivity contribution in [2.75, 3.05) is 6.61 Å². The topological polar surface area (TPSA) is 26.3 Å². The zero-order valence-electron chi connectivity index (χ0n) is 11.0. The number of esters is 1. The number of carbonyl (C=O) groups excluding carboxylic acids is 1. The fourth-order valence-corrected chi connectivity index (χ4v) is 1.91. The van der Waals surface area contributed by atoms with E-state index in [2.05, 4.69) is 32.0 Å². The van der Waals surface area contributed by atoms with Gasteiger partial charge in [-0.15, -0.1) is 0 Å². The maximum Gasteiger partial charge on any atom is 0.306 e. The first-order chi connectivity index (χ1) is 8.13. The Kier molecular flexibility index (Phi) is 5.75. The number of hydrogen-bond donors (Lipinski definition) is 0. The van der Waals surface area contributed by atoms with Gasteiger partial charge in [0.15, 0.2) is 0 Å². The van der Waals surface area contributed by atoms with Crippen LogP contribution in [-0.2, 0) is 22.4 Å². The first-order valence-electron chi connectivity index (χ1n) is 6.35. The highest BCUT2D eigenvalue weighted by Crippen LogP contribution is 2.15. The van der Waals surface area contributed by atoms with Crippen LogP contribution in [0.5, 0.6) is 0 Å². The van der Waals surface area contributed by atoms with Gasteiger partial charge in [0.2, 0.25) is 0 Å². The molecule has 0 spiro atoms. The highest BCUT2D eigenvalue weighted by molar-refractivity contribution is 5.69. The SMILES string of the molecule is CCOC(=O)CCc1ccccc1CC(C)C. The summed E-state index contributed by atoms with van der Waals surface area (Å²) >= 11 is 0. The van der Waals surface area contributed by atoms with Crippen molar-refractivity contribution in [1.82, 2.24) is 0 Å². The van der Waals surface area contributed by atoms with E-state index in [1.807, 2.05) is 13.0 Å². The van der Waals surface area contributed by atoms with Crippen molar-refractivity contribution in [3.63, 3.8) is 0 Å². The average Bonchev–Trinajstić information content (AvgIpc) is 2.27. The zero-order valence-corrected chi connectivity index (χ0v) is 11.0. The second-order valence-corrected chi connectivity index (χ2v) is 4.67. The van der Waals surface area contributed by atoms with E-state index in [0.29, 0.717) is 18.9 Å². The number of carbonyl (C=O) groups is 1. The van der Waals surface area contributed by atoms with Gasteiger partial charge in [0.05, 0.1) is 6.61 Å². The number of rotatable bonds is 6. The lowest BCUT2D eigenvalue weighted by Crippen LogP contribution is -2.07. The number of aryl methyl sites for hydroxylation is 1. The van der Waals surface area contributed by atoms with Gasteiger partial charge in [0.1, 0.15) is 0 Å². The molecular weight excluding hydrogens is 212 g/mol. The molecule has 1 rings (SSSR count). The maximum atomic E-state index is 11.3. The van der Waals surface area contributed by atoms with Gasteiger partial charge in [0.25, 0.3) is 0 Å². The molecule has 2 nitrogen and oxygen atoms in total. The van der Waals surface area contributed by atoms with Gasteiger partial charge in [-0.05, 0) is 36.8 Å². The van der Waals surface area contributed by atoms with Crippen LogP contribution in [0.25, 0.3) is 0 Å². The van der Waals surface area contributed by atoms with Crippen molar-refractivity contribution in [3.8, 4) is 0 Å². The van der Waals surface area contributed by atoms with Gasteiger partial charge in [-0.25, -0.2) is 0 Å². The van der Waals surface area contributed by atoms with Crippen LogP contribution in [0, 0.1) is 5.92 Å². The van der Waals surface area contributed by atoms with Crippen molar-refractivity contribution in [2.45, 2.75) is 40.0 Å². The quantitative estimate of drug-likeness (QED) is 0.705. The summed E-state index contributed by atoms with van der Waals surface area (Å²) in [6.07, 6.45) is 2.32. The molecule has 94 valence electrons. The number of hydrogen-bond acceptors (Lipinski definition) is 2. The van der Waals surface area contributed by atoms with Crippen LogP contribution in [0.4, 0.5) is 0 Å². The van der Waals surface area contributed by atoms with Crippen LogP contribution >= 0.6 is 0 Å². The van der Waals surface area contributed by atoms with Crippen LogP contribution in [0.1, 0.15) is 38.3 Å². The lowest BCUT2D eigenvalue weighted by Gasteiger charge is -2.11. The predicted octanol–water partition coefficient (Wildman–Crippen LogP) is 3.38. The summed E-state index contributed by atoms with van der Waals surface area (Å²) in [6, 6.07) is 8.35. The highest BCUT2D eigenvalue weighted by Gasteiger charge is 2.07. The van der Waals surface area contributed by atoms with Crippen molar-refractivity contribution in [1.29, 1.82) is 0 Å². The van der Waals surface area contributed by atoms with Gasteiger partial charge < -0.3 is 4.74 Å². The molecule has 2 heteroatoms. The van der Waals surface area contributed by atoms with Crippen LogP contribution in [0.3, 0.4) is 0 Å². The second-order valence-electron chi connectivity index (χ2n) is 4.67. The van der Waals surface area contributed by atoms with Crippen molar-refractivity contribution >= 4 is 5.97 Å². The van der Waals surface area contributed by atoms with E-state index in [1.54, 1.807) is 0 Å². The van der Waals surface area contributed by atoms with Crippen LogP contribution < -0.4 is 0 Å². The van der Waals surface area contributed by atoms with Crippen LogP contribution in [0.2, 0.25) is 0 Å². The average molecular weight is 234 g/mol. The number of benzene rings is 1. The third-order valence-corrected chi connectivity index (χ3v) is 2.65. The summed E-state index contributed by atoms with van der Waals surface area (Å²) in [4.78, 5) is 11.3. The summed E-state index contributed by atoms with van der Waals surface area (Å²) in [5, 5.41) is 0. The molecule has 0 aliphatic carbocycles. The molecule has 0 saturated carbocycles. The van der Waals surface area contributed by atoms with Crippen molar-refractivity contribution in [3.05, 3.63) is 35.4 Å². The summed E-state index contributed by atoms with van der Waals surface area (Å²) in [5.41, 5.74) is 2.63. The van der Waals surface area contributed by atoms with Gasteiger partial charge in [-0.1, -0.05) is 38.1 Å². The van der Waals surface area contributed by atoms with E-state index >= 15 is 0 Å². The van der Waals surface area contributed by atoms with E-state index in [4.69, 9.17) is 4.74 Å². The Morgan fingerprint density at radius 1 is 1.24 bits per heavy atom. The van der Waals surface area contributed by atoms with E-state index in [9.17, 15) is 4.79 Å². The highest BCUT2D eigenvalue weighted by atomic mass is 16.5. The fourth-order valence-electron chi connectivity index (χ4n) is 1.91. The lowest BCUT2D eigenvalue weighted by atomic mass is 9.95. The third kappa shape index (κ3) is 5.03. The molecule has 1 aromatic carbocycles. The van der Waals surface area contributed by atoms with E-state index in [0.717, 1.165) is 12.8 Å². The van der Waals surface area contributed by atoms with Crippen LogP contribution in [0.15, 0.2) is 24.3 Å². The molecule has 0 bridgehead atoms. The van der Waals surface area contributed by atoms with E-state index in [-0.39, 0.29) is 5.97 Å². The molecule has 17 heavy (non-hydrogen) atoms. The molecule has 0 unspecified atom stereocenters. The third-order valence-electron chi connectivity index (χ3n) is 2.65. The smallest absolute Gasteiger partial charge is 0.306 e. The minimum absolute atomic E-state index is 0.105. The van der Waals surface area contributed by atoms with E-state index < -0.39 is 0 Å². The normalized spacial score (nSPS) is 10.6. The molecule has 0 amide bonds. The van der Waals surface area contributed by atoms with Gasteiger partial charge in [-0.2, -0.15) is 0 Å². The molecule has 0 fully saturated rings. The van der Waals surface area contributed by atoms with Crippen molar-refractivity contribution < 1.29 is 9.53 Å². The Morgan fingerprint density at radius 2 is 1.88 bits per heavy atom.